The average Bonchev–Trinajstić information content (AvgIpc) is 3.07. The number of aryl methyl sites for hydroxylation is 1. The topological polar surface area (TPSA) is 47.9 Å². The molecule has 4 aromatic rings. The van der Waals surface area contributed by atoms with E-state index in [9.17, 15) is 0 Å². The zero-order valence-corrected chi connectivity index (χ0v) is 14.6. The van der Waals surface area contributed by atoms with Gasteiger partial charge in [0.1, 0.15) is 5.75 Å². The highest BCUT2D eigenvalue weighted by molar-refractivity contribution is 14.1. The van der Waals surface area contributed by atoms with E-state index in [-0.39, 0.29) is 0 Å². The van der Waals surface area contributed by atoms with E-state index in [2.05, 4.69) is 49.0 Å². The minimum atomic E-state index is 0.364. The fraction of sp³-hybridized carbons (Fsp3) is 0.0714. The van der Waals surface area contributed by atoms with Gasteiger partial charge in [-0.3, -0.25) is 0 Å². The van der Waals surface area contributed by atoms with Crippen molar-refractivity contribution >= 4 is 65.6 Å². The van der Waals surface area contributed by atoms with Crippen LogP contribution in [0.3, 0.4) is 0 Å². The highest BCUT2D eigenvalue weighted by Crippen LogP contribution is 2.39. The van der Waals surface area contributed by atoms with Crippen LogP contribution < -0.4 is 4.74 Å². The van der Waals surface area contributed by atoms with Gasteiger partial charge in [0.2, 0.25) is 0 Å². The Hall–Kier alpha value is -1.32. The standard InChI is InChI=1S/C14H8IN3OS2/c1-7-18-12-11(21-7)4-10(9-2-3-20-13(9)12)19-14-16-5-8(15)6-17-14/h2-6H,1H3. The van der Waals surface area contributed by atoms with Crippen LogP contribution in [0, 0.1) is 10.5 Å². The molecule has 0 aliphatic rings. The van der Waals surface area contributed by atoms with Gasteiger partial charge in [0.25, 0.3) is 0 Å². The summed E-state index contributed by atoms with van der Waals surface area (Å²) in [6.07, 6.45) is 3.48. The summed E-state index contributed by atoms with van der Waals surface area (Å²) in [5.74, 6) is 0.781. The third-order valence-electron chi connectivity index (χ3n) is 2.97. The summed E-state index contributed by atoms with van der Waals surface area (Å²) in [5.41, 5.74) is 1.05. The Morgan fingerprint density at radius 2 is 2.05 bits per heavy atom. The molecule has 104 valence electrons. The highest BCUT2D eigenvalue weighted by atomic mass is 127. The van der Waals surface area contributed by atoms with Gasteiger partial charge in [-0.2, -0.15) is 0 Å². The molecule has 0 unspecified atom stereocenters. The number of benzene rings is 1. The van der Waals surface area contributed by atoms with Crippen molar-refractivity contribution in [3.8, 4) is 11.8 Å². The Morgan fingerprint density at radius 3 is 2.86 bits per heavy atom. The van der Waals surface area contributed by atoms with Gasteiger partial charge in [-0.25, -0.2) is 15.0 Å². The third-order valence-corrected chi connectivity index (χ3v) is 5.36. The molecule has 0 bridgehead atoms. The Labute approximate surface area is 142 Å². The summed E-state index contributed by atoms with van der Waals surface area (Å²) in [5, 5.41) is 4.17. The zero-order chi connectivity index (χ0) is 14.4. The number of hydrogen-bond donors (Lipinski definition) is 0. The van der Waals surface area contributed by atoms with Crippen molar-refractivity contribution in [2.75, 3.05) is 0 Å². The molecular formula is C14H8IN3OS2. The molecule has 0 spiro atoms. The second kappa shape index (κ2) is 5.15. The van der Waals surface area contributed by atoms with Crippen LogP contribution in [0.1, 0.15) is 5.01 Å². The second-order valence-corrected chi connectivity index (χ2v) is 7.80. The lowest BCUT2D eigenvalue weighted by Gasteiger charge is -2.05. The maximum atomic E-state index is 5.88. The lowest BCUT2D eigenvalue weighted by molar-refractivity contribution is 0.447. The molecule has 0 saturated heterocycles. The maximum Gasteiger partial charge on any atom is 0.321 e. The molecule has 0 fully saturated rings. The molecule has 3 aromatic heterocycles. The SMILES string of the molecule is Cc1nc2c(cc(Oc3ncc(I)cn3)c3ccsc32)s1. The molecular weight excluding hydrogens is 417 g/mol. The van der Waals surface area contributed by atoms with Gasteiger partial charge in [0.05, 0.1) is 19.9 Å². The van der Waals surface area contributed by atoms with E-state index in [1.54, 1.807) is 35.1 Å². The molecule has 0 aliphatic heterocycles. The zero-order valence-electron chi connectivity index (χ0n) is 10.8. The van der Waals surface area contributed by atoms with Crippen LogP contribution in [-0.4, -0.2) is 15.0 Å². The van der Waals surface area contributed by atoms with Crippen LogP contribution in [0.4, 0.5) is 0 Å². The smallest absolute Gasteiger partial charge is 0.321 e. The molecule has 4 nitrogen and oxygen atoms in total. The van der Waals surface area contributed by atoms with Crippen LogP contribution in [-0.2, 0) is 0 Å². The number of fused-ring (bicyclic) bond motifs is 3. The van der Waals surface area contributed by atoms with Gasteiger partial charge >= 0.3 is 6.01 Å². The molecule has 0 N–H and O–H groups in total. The van der Waals surface area contributed by atoms with Gasteiger partial charge < -0.3 is 4.74 Å². The number of rotatable bonds is 2. The van der Waals surface area contributed by atoms with E-state index in [1.165, 1.54) is 0 Å². The number of halogens is 1. The summed E-state index contributed by atoms with van der Waals surface area (Å²) in [6.45, 7) is 2.02. The number of ether oxygens (including phenoxy) is 1. The van der Waals surface area contributed by atoms with Crippen molar-refractivity contribution in [1.82, 2.24) is 15.0 Å². The molecule has 3 heterocycles. The first-order chi connectivity index (χ1) is 10.2. The first-order valence-electron chi connectivity index (χ1n) is 6.13. The Balaban J connectivity index is 1.89. The van der Waals surface area contributed by atoms with Gasteiger partial charge in [-0.15, -0.1) is 22.7 Å². The second-order valence-electron chi connectivity index (χ2n) is 4.40. The van der Waals surface area contributed by atoms with Crippen molar-refractivity contribution in [3.05, 3.63) is 38.5 Å². The number of hydrogen-bond acceptors (Lipinski definition) is 6. The van der Waals surface area contributed by atoms with Crippen molar-refractivity contribution in [2.24, 2.45) is 0 Å². The predicted molar refractivity (Wildman–Crippen MR) is 94.6 cm³/mol. The third kappa shape index (κ3) is 2.39. The predicted octanol–water partition coefficient (Wildman–Crippen LogP) is 5.01. The van der Waals surface area contributed by atoms with Crippen molar-refractivity contribution in [3.63, 3.8) is 0 Å². The maximum absolute atomic E-state index is 5.88. The van der Waals surface area contributed by atoms with Crippen LogP contribution in [0.2, 0.25) is 0 Å². The normalized spacial score (nSPS) is 11.3. The van der Waals surface area contributed by atoms with E-state index < -0.39 is 0 Å². The molecule has 0 amide bonds. The van der Waals surface area contributed by atoms with Crippen molar-refractivity contribution in [2.45, 2.75) is 6.92 Å². The number of thiazole rings is 1. The Morgan fingerprint density at radius 1 is 1.24 bits per heavy atom. The minimum Gasteiger partial charge on any atom is -0.424 e. The number of aromatic nitrogens is 3. The Kier molecular flexibility index (Phi) is 3.27. The largest absolute Gasteiger partial charge is 0.424 e. The van der Waals surface area contributed by atoms with Gasteiger partial charge in [0, 0.05) is 27.4 Å². The van der Waals surface area contributed by atoms with Crippen molar-refractivity contribution < 1.29 is 4.74 Å². The Bertz CT molecular complexity index is 946. The molecule has 0 saturated carbocycles. The van der Waals surface area contributed by atoms with Crippen LogP contribution in [0.25, 0.3) is 20.3 Å². The first-order valence-corrected chi connectivity index (χ1v) is 8.91. The lowest BCUT2D eigenvalue weighted by Crippen LogP contribution is -1.92. The highest BCUT2D eigenvalue weighted by Gasteiger charge is 2.13. The minimum absolute atomic E-state index is 0.364. The van der Waals surface area contributed by atoms with Crippen LogP contribution in [0.5, 0.6) is 11.8 Å². The lowest BCUT2D eigenvalue weighted by atomic mass is 10.2. The van der Waals surface area contributed by atoms with Gasteiger partial charge in [-0.05, 0) is 41.0 Å². The van der Waals surface area contributed by atoms with E-state index in [0.29, 0.717) is 6.01 Å². The summed E-state index contributed by atoms with van der Waals surface area (Å²) in [6, 6.07) is 4.44. The van der Waals surface area contributed by atoms with E-state index in [4.69, 9.17) is 4.74 Å². The summed E-state index contributed by atoms with van der Waals surface area (Å²) in [7, 11) is 0. The number of nitrogens with zero attached hydrogens (tertiary/aromatic N) is 3. The molecule has 0 atom stereocenters. The quantitative estimate of drug-likeness (QED) is 0.424. The molecule has 21 heavy (non-hydrogen) atoms. The van der Waals surface area contributed by atoms with Crippen molar-refractivity contribution in [1.29, 1.82) is 0 Å². The fourth-order valence-corrected chi connectivity index (χ4v) is 4.23. The van der Waals surface area contributed by atoms with E-state index >= 15 is 0 Å². The van der Waals surface area contributed by atoms with Crippen LogP contribution in [0.15, 0.2) is 29.9 Å². The molecule has 0 radical (unpaired) electrons. The average molecular weight is 425 g/mol. The van der Waals surface area contributed by atoms with E-state index in [1.807, 2.05) is 13.0 Å². The summed E-state index contributed by atoms with van der Waals surface area (Å²) >= 11 is 5.52. The molecule has 7 heteroatoms. The van der Waals surface area contributed by atoms with E-state index in [0.717, 1.165) is 34.6 Å². The fourth-order valence-electron chi connectivity index (χ4n) is 2.12. The summed E-state index contributed by atoms with van der Waals surface area (Å²) < 4.78 is 9.14. The van der Waals surface area contributed by atoms with Gasteiger partial charge in [0.15, 0.2) is 0 Å². The molecule has 0 aliphatic carbocycles. The molecule has 1 aromatic carbocycles. The number of thiophene rings is 1. The van der Waals surface area contributed by atoms with Crippen LogP contribution >= 0.6 is 45.3 Å². The monoisotopic (exact) mass is 425 g/mol. The summed E-state index contributed by atoms with van der Waals surface area (Å²) in [4.78, 5) is 13.0. The van der Waals surface area contributed by atoms with Gasteiger partial charge in [-0.1, -0.05) is 0 Å². The molecule has 4 rings (SSSR count). The first kappa shape index (κ1) is 13.4.